The minimum Gasteiger partial charge on any atom is -0.386 e. The molecule has 0 unspecified atom stereocenters. The molecule has 0 amide bonds. The van der Waals surface area contributed by atoms with E-state index < -0.39 is 11.9 Å². The van der Waals surface area contributed by atoms with Gasteiger partial charge >= 0.3 is 11.9 Å². The molecule has 0 spiro atoms. The number of hydrogen-bond acceptors (Lipinski definition) is 3. The van der Waals surface area contributed by atoms with Crippen LogP contribution >= 0.6 is 0 Å². The predicted octanol–water partition coefficient (Wildman–Crippen LogP) is 1.97. The van der Waals surface area contributed by atoms with Crippen LogP contribution < -0.4 is 0 Å². The molecular weight excluding hydrogens is 180 g/mol. The van der Waals surface area contributed by atoms with Crippen LogP contribution in [0.3, 0.4) is 0 Å². The number of esters is 2. The summed E-state index contributed by atoms with van der Waals surface area (Å²) in [6.07, 6.45) is 4.98. The van der Waals surface area contributed by atoms with Gasteiger partial charge in [0.2, 0.25) is 0 Å². The molecule has 1 aliphatic heterocycles. The average molecular weight is 194 g/mol. The van der Waals surface area contributed by atoms with Gasteiger partial charge in [-0.1, -0.05) is 19.8 Å². The molecule has 1 saturated carbocycles. The lowest BCUT2D eigenvalue weighted by molar-refractivity contribution is -0.151. The van der Waals surface area contributed by atoms with E-state index in [2.05, 4.69) is 4.74 Å². The average Bonchev–Trinajstić information content (AvgIpc) is 2.72. The number of rotatable bonds is 2. The Morgan fingerprint density at radius 1 is 1.21 bits per heavy atom. The third kappa shape index (κ3) is 1.37. The van der Waals surface area contributed by atoms with E-state index in [0.29, 0.717) is 17.6 Å². The van der Waals surface area contributed by atoms with Gasteiger partial charge in [-0.2, -0.15) is 0 Å². The minimum atomic E-state index is -0.417. The molecule has 1 heterocycles. The van der Waals surface area contributed by atoms with Crippen molar-refractivity contribution in [2.45, 2.75) is 39.0 Å². The standard InChI is InChI=1S/C11H14O3/c1-2-8-9(7-5-3-4-6-7)11(13)14-10(8)12/h7H,2-6H2,1H3. The van der Waals surface area contributed by atoms with Crippen LogP contribution in [0.15, 0.2) is 11.1 Å². The van der Waals surface area contributed by atoms with Crippen LogP contribution in [0, 0.1) is 5.92 Å². The molecule has 3 heteroatoms. The van der Waals surface area contributed by atoms with E-state index in [1.165, 1.54) is 0 Å². The van der Waals surface area contributed by atoms with Crippen LogP contribution in [0.2, 0.25) is 0 Å². The van der Waals surface area contributed by atoms with Gasteiger partial charge in [0.1, 0.15) is 0 Å². The molecule has 1 fully saturated rings. The molecule has 0 bridgehead atoms. The van der Waals surface area contributed by atoms with E-state index in [0.717, 1.165) is 25.7 Å². The molecule has 3 nitrogen and oxygen atoms in total. The first-order chi connectivity index (χ1) is 6.74. The lowest BCUT2D eigenvalue weighted by Gasteiger charge is -2.07. The monoisotopic (exact) mass is 194 g/mol. The highest BCUT2D eigenvalue weighted by atomic mass is 16.6. The smallest absolute Gasteiger partial charge is 0.342 e. The zero-order valence-electron chi connectivity index (χ0n) is 8.34. The summed E-state index contributed by atoms with van der Waals surface area (Å²) >= 11 is 0. The Labute approximate surface area is 83.1 Å². The van der Waals surface area contributed by atoms with Crippen LogP contribution in [0.1, 0.15) is 39.0 Å². The van der Waals surface area contributed by atoms with E-state index in [-0.39, 0.29) is 5.92 Å². The maximum Gasteiger partial charge on any atom is 0.342 e. The van der Waals surface area contributed by atoms with Gasteiger partial charge in [-0.05, 0) is 25.2 Å². The van der Waals surface area contributed by atoms with Gasteiger partial charge in [0, 0.05) is 5.57 Å². The quantitative estimate of drug-likeness (QED) is 0.498. The summed E-state index contributed by atoms with van der Waals surface area (Å²) in [5.74, 6) is -0.526. The first kappa shape index (κ1) is 9.44. The van der Waals surface area contributed by atoms with Crippen LogP contribution in [-0.4, -0.2) is 11.9 Å². The molecule has 0 radical (unpaired) electrons. The topological polar surface area (TPSA) is 43.4 Å². The molecule has 2 rings (SSSR count). The molecule has 14 heavy (non-hydrogen) atoms. The van der Waals surface area contributed by atoms with Crippen LogP contribution in [0.4, 0.5) is 0 Å². The first-order valence-electron chi connectivity index (χ1n) is 5.23. The van der Waals surface area contributed by atoms with Crippen molar-refractivity contribution in [1.29, 1.82) is 0 Å². The summed E-state index contributed by atoms with van der Waals surface area (Å²) in [5, 5.41) is 0. The molecule has 0 aromatic heterocycles. The second-order valence-electron chi connectivity index (χ2n) is 3.90. The highest BCUT2D eigenvalue weighted by Crippen LogP contribution is 2.36. The SMILES string of the molecule is CCC1=C(C2CCCC2)C(=O)OC1=O. The number of carbonyl (C=O) groups excluding carboxylic acids is 2. The molecule has 76 valence electrons. The Kier molecular flexibility index (Phi) is 2.40. The van der Waals surface area contributed by atoms with Gasteiger partial charge < -0.3 is 4.74 Å². The zero-order chi connectivity index (χ0) is 10.1. The molecule has 0 saturated heterocycles. The van der Waals surface area contributed by atoms with E-state index >= 15 is 0 Å². The van der Waals surface area contributed by atoms with Gasteiger partial charge in [0.05, 0.1) is 5.57 Å². The Bertz CT molecular complexity index is 308. The summed E-state index contributed by atoms with van der Waals surface area (Å²) in [4.78, 5) is 22.7. The Balaban J connectivity index is 2.32. The number of hydrogen-bond donors (Lipinski definition) is 0. The number of ether oxygens (including phenoxy) is 1. The third-order valence-corrected chi connectivity index (χ3v) is 3.09. The maximum absolute atomic E-state index is 11.4. The normalized spacial score (nSPS) is 23.5. The highest BCUT2D eigenvalue weighted by molar-refractivity contribution is 6.12. The lowest BCUT2D eigenvalue weighted by atomic mass is 9.93. The highest BCUT2D eigenvalue weighted by Gasteiger charge is 2.37. The molecule has 1 aliphatic carbocycles. The summed E-state index contributed by atoms with van der Waals surface area (Å²) in [6, 6.07) is 0. The summed E-state index contributed by atoms with van der Waals surface area (Å²) < 4.78 is 4.64. The first-order valence-corrected chi connectivity index (χ1v) is 5.23. The third-order valence-electron chi connectivity index (χ3n) is 3.09. The van der Waals surface area contributed by atoms with Crippen molar-refractivity contribution in [2.75, 3.05) is 0 Å². The summed E-state index contributed by atoms with van der Waals surface area (Å²) in [7, 11) is 0. The van der Waals surface area contributed by atoms with Gasteiger partial charge in [0.25, 0.3) is 0 Å². The largest absolute Gasteiger partial charge is 0.386 e. The van der Waals surface area contributed by atoms with Crippen molar-refractivity contribution in [2.24, 2.45) is 5.92 Å². The molecule has 0 N–H and O–H groups in total. The van der Waals surface area contributed by atoms with Crippen LogP contribution in [-0.2, 0) is 14.3 Å². The van der Waals surface area contributed by atoms with E-state index in [4.69, 9.17) is 0 Å². The number of cyclic esters (lactones) is 2. The fourth-order valence-electron chi connectivity index (χ4n) is 2.40. The second kappa shape index (κ2) is 3.56. The van der Waals surface area contributed by atoms with Gasteiger partial charge in [0.15, 0.2) is 0 Å². The van der Waals surface area contributed by atoms with E-state index in [1.54, 1.807) is 0 Å². The molecule has 0 aromatic carbocycles. The predicted molar refractivity (Wildman–Crippen MR) is 50.4 cm³/mol. The zero-order valence-corrected chi connectivity index (χ0v) is 8.34. The van der Waals surface area contributed by atoms with Crippen molar-refractivity contribution in [3.63, 3.8) is 0 Å². The van der Waals surface area contributed by atoms with Crippen molar-refractivity contribution < 1.29 is 14.3 Å². The van der Waals surface area contributed by atoms with Crippen molar-refractivity contribution >= 4 is 11.9 Å². The lowest BCUT2D eigenvalue weighted by Crippen LogP contribution is -2.08. The summed E-state index contributed by atoms with van der Waals surface area (Å²) in [5.41, 5.74) is 1.29. The second-order valence-corrected chi connectivity index (χ2v) is 3.90. The molecular formula is C11H14O3. The van der Waals surface area contributed by atoms with Crippen LogP contribution in [0.25, 0.3) is 0 Å². The van der Waals surface area contributed by atoms with Crippen molar-refractivity contribution in [1.82, 2.24) is 0 Å². The van der Waals surface area contributed by atoms with Crippen LogP contribution in [0.5, 0.6) is 0 Å². The fourth-order valence-corrected chi connectivity index (χ4v) is 2.40. The number of carbonyl (C=O) groups is 2. The fraction of sp³-hybridized carbons (Fsp3) is 0.636. The van der Waals surface area contributed by atoms with Crippen molar-refractivity contribution in [3.05, 3.63) is 11.1 Å². The van der Waals surface area contributed by atoms with Gasteiger partial charge in [-0.3, -0.25) is 0 Å². The maximum atomic E-state index is 11.4. The Morgan fingerprint density at radius 2 is 1.86 bits per heavy atom. The molecule has 2 aliphatic rings. The van der Waals surface area contributed by atoms with Gasteiger partial charge in [-0.25, -0.2) is 9.59 Å². The van der Waals surface area contributed by atoms with Gasteiger partial charge in [-0.15, -0.1) is 0 Å². The molecule has 0 aromatic rings. The summed E-state index contributed by atoms with van der Waals surface area (Å²) in [6.45, 7) is 1.89. The molecule has 0 atom stereocenters. The Hall–Kier alpha value is -1.12. The minimum absolute atomic E-state index is 0.281. The van der Waals surface area contributed by atoms with Crippen molar-refractivity contribution in [3.8, 4) is 0 Å². The van der Waals surface area contributed by atoms with E-state index in [9.17, 15) is 9.59 Å². The Morgan fingerprint density at radius 3 is 2.43 bits per heavy atom. The van der Waals surface area contributed by atoms with E-state index in [1.807, 2.05) is 6.92 Å².